The maximum Gasteiger partial charge on any atom is 0.252 e. The smallest absolute Gasteiger partial charge is 0.252 e. The highest BCUT2D eigenvalue weighted by atomic mass is 35.5. The Labute approximate surface area is 83.8 Å². The van der Waals surface area contributed by atoms with Crippen LogP contribution in [0.3, 0.4) is 0 Å². The third-order valence-electron chi connectivity index (χ3n) is 1.95. The molecule has 0 atom stereocenters. The van der Waals surface area contributed by atoms with E-state index in [4.69, 9.17) is 5.73 Å². The zero-order valence-corrected chi connectivity index (χ0v) is 8.70. The predicted octanol–water partition coefficient (Wildman–Crippen LogP) is 1.13. The molecule has 1 aromatic rings. The van der Waals surface area contributed by atoms with Gasteiger partial charge in [0.2, 0.25) is 0 Å². The summed E-state index contributed by atoms with van der Waals surface area (Å²) in [5.41, 5.74) is 8.07. The number of halogens is 1. The van der Waals surface area contributed by atoms with Gasteiger partial charge >= 0.3 is 0 Å². The van der Waals surface area contributed by atoms with E-state index in [2.05, 4.69) is 4.98 Å². The number of pyridine rings is 1. The molecule has 0 aliphatic rings. The van der Waals surface area contributed by atoms with Crippen molar-refractivity contribution in [1.82, 2.24) is 4.98 Å². The lowest BCUT2D eigenvalue weighted by atomic mass is 10.1. The van der Waals surface area contributed by atoms with Gasteiger partial charge < -0.3 is 10.7 Å². The molecule has 1 aromatic heterocycles. The van der Waals surface area contributed by atoms with Gasteiger partial charge in [-0.05, 0) is 25.0 Å². The molecule has 0 saturated carbocycles. The third-order valence-corrected chi connectivity index (χ3v) is 1.95. The van der Waals surface area contributed by atoms with Crippen molar-refractivity contribution >= 4 is 12.4 Å². The largest absolute Gasteiger partial charge is 0.326 e. The van der Waals surface area contributed by atoms with E-state index in [1.807, 2.05) is 19.9 Å². The molecule has 0 radical (unpaired) electrons. The van der Waals surface area contributed by atoms with E-state index in [-0.39, 0.29) is 18.0 Å². The molecule has 13 heavy (non-hydrogen) atoms. The molecule has 1 heterocycles. The summed E-state index contributed by atoms with van der Waals surface area (Å²) in [6, 6.07) is 1.98. The first-order valence-electron chi connectivity index (χ1n) is 4.10. The van der Waals surface area contributed by atoms with Crippen LogP contribution in [0.5, 0.6) is 0 Å². The van der Waals surface area contributed by atoms with Gasteiger partial charge in [-0.3, -0.25) is 4.79 Å². The fraction of sp³-hybridized carbons (Fsp3) is 0.444. The highest BCUT2D eigenvalue weighted by Crippen LogP contribution is 2.04. The van der Waals surface area contributed by atoms with Crippen LogP contribution >= 0.6 is 12.4 Å². The van der Waals surface area contributed by atoms with Gasteiger partial charge in [0, 0.05) is 17.8 Å². The minimum atomic E-state index is -0.0469. The lowest BCUT2D eigenvalue weighted by Crippen LogP contribution is -2.19. The second-order valence-electron chi connectivity index (χ2n) is 2.84. The monoisotopic (exact) mass is 202 g/mol. The molecule has 3 N–H and O–H groups in total. The number of nitrogens with two attached hydrogens (primary N) is 1. The highest BCUT2D eigenvalue weighted by Gasteiger charge is 2.03. The van der Waals surface area contributed by atoms with Gasteiger partial charge in [0.05, 0.1) is 0 Å². The summed E-state index contributed by atoms with van der Waals surface area (Å²) < 4.78 is 0. The first-order valence-corrected chi connectivity index (χ1v) is 4.10. The maximum absolute atomic E-state index is 11.3. The van der Waals surface area contributed by atoms with Crippen molar-refractivity contribution in [2.24, 2.45) is 5.73 Å². The first kappa shape index (κ1) is 12.2. The summed E-state index contributed by atoms with van der Waals surface area (Å²) >= 11 is 0. The van der Waals surface area contributed by atoms with Crippen LogP contribution in [0.15, 0.2) is 10.9 Å². The molecule has 0 aromatic carbocycles. The van der Waals surface area contributed by atoms with Crippen LogP contribution < -0.4 is 11.3 Å². The summed E-state index contributed by atoms with van der Waals surface area (Å²) in [5, 5.41) is 0. The van der Waals surface area contributed by atoms with Crippen LogP contribution in [-0.4, -0.2) is 4.98 Å². The third kappa shape index (κ3) is 2.57. The van der Waals surface area contributed by atoms with E-state index in [0.29, 0.717) is 12.1 Å². The van der Waals surface area contributed by atoms with Gasteiger partial charge in [-0.2, -0.15) is 0 Å². The topological polar surface area (TPSA) is 58.9 Å². The van der Waals surface area contributed by atoms with Gasteiger partial charge in [0.15, 0.2) is 0 Å². The van der Waals surface area contributed by atoms with Crippen molar-refractivity contribution in [3.63, 3.8) is 0 Å². The Morgan fingerprint density at radius 2 is 2.15 bits per heavy atom. The molecule has 0 unspecified atom stereocenters. The Morgan fingerprint density at radius 1 is 1.54 bits per heavy atom. The van der Waals surface area contributed by atoms with Gasteiger partial charge in [-0.15, -0.1) is 12.4 Å². The number of rotatable bonds is 2. The van der Waals surface area contributed by atoms with Crippen LogP contribution in [0.4, 0.5) is 0 Å². The molecule has 0 spiro atoms. The summed E-state index contributed by atoms with van der Waals surface area (Å²) in [5.74, 6) is 0. The Balaban J connectivity index is 0.00000144. The zero-order chi connectivity index (χ0) is 9.14. The second kappa shape index (κ2) is 5.04. The van der Waals surface area contributed by atoms with Crippen molar-refractivity contribution in [2.45, 2.75) is 26.8 Å². The Hall–Kier alpha value is -0.800. The summed E-state index contributed by atoms with van der Waals surface area (Å²) in [7, 11) is 0. The van der Waals surface area contributed by atoms with Crippen molar-refractivity contribution in [3.05, 3.63) is 33.2 Å². The fourth-order valence-corrected chi connectivity index (χ4v) is 1.32. The summed E-state index contributed by atoms with van der Waals surface area (Å²) in [6.45, 7) is 4.22. The molecule has 0 aliphatic heterocycles. The lowest BCUT2D eigenvalue weighted by molar-refractivity contribution is 0.941. The normalized spacial score (nSPS) is 9.46. The highest BCUT2D eigenvalue weighted by molar-refractivity contribution is 5.85. The molecule has 1 rings (SSSR count). The number of aromatic nitrogens is 1. The summed E-state index contributed by atoms with van der Waals surface area (Å²) in [6.07, 6.45) is 0.858. The maximum atomic E-state index is 11.3. The molecular formula is C9H15ClN2O. The number of nitrogens with one attached hydrogen (secondary N) is 1. The Bertz CT molecular complexity index is 333. The SMILES string of the molecule is CCc1cc(C)[nH]c(=O)c1CN.Cl. The van der Waals surface area contributed by atoms with Gasteiger partial charge in [-0.1, -0.05) is 6.92 Å². The number of aryl methyl sites for hydroxylation is 2. The van der Waals surface area contributed by atoms with Crippen molar-refractivity contribution in [3.8, 4) is 0 Å². The van der Waals surface area contributed by atoms with E-state index < -0.39 is 0 Å². The zero-order valence-electron chi connectivity index (χ0n) is 7.89. The lowest BCUT2D eigenvalue weighted by Gasteiger charge is -2.04. The van der Waals surface area contributed by atoms with Crippen LogP contribution in [0, 0.1) is 6.92 Å². The standard InChI is InChI=1S/C9H14N2O.ClH/c1-3-7-4-6(2)11-9(12)8(7)5-10;/h4H,3,5,10H2,1-2H3,(H,11,12);1H. The molecule has 4 heteroatoms. The number of aromatic amines is 1. The van der Waals surface area contributed by atoms with Crippen LogP contribution in [0.2, 0.25) is 0 Å². The van der Waals surface area contributed by atoms with Gasteiger partial charge in [0.1, 0.15) is 0 Å². The summed E-state index contributed by atoms with van der Waals surface area (Å²) in [4.78, 5) is 14.0. The molecule has 0 aliphatic carbocycles. The second-order valence-corrected chi connectivity index (χ2v) is 2.84. The van der Waals surface area contributed by atoms with Crippen molar-refractivity contribution in [1.29, 1.82) is 0 Å². The van der Waals surface area contributed by atoms with Crippen molar-refractivity contribution < 1.29 is 0 Å². The minimum Gasteiger partial charge on any atom is -0.326 e. The Morgan fingerprint density at radius 3 is 2.62 bits per heavy atom. The quantitative estimate of drug-likeness (QED) is 0.756. The number of hydrogen-bond donors (Lipinski definition) is 2. The van der Waals surface area contributed by atoms with Gasteiger partial charge in [0.25, 0.3) is 5.56 Å². The van der Waals surface area contributed by atoms with Crippen LogP contribution in [-0.2, 0) is 13.0 Å². The fourth-order valence-electron chi connectivity index (χ4n) is 1.32. The molecule has 0 bridgehead atoms. The van der Waals surface area contributed by atoms with E-state index in [0.717, 1.165) is 17.7 Å². The average Bonchev–Trinajstić information content (AvgIpc) is 2.03. The number of hydrogen-bond acceptors (Lipinski definition) is 2. The van der Waals surface area contributed by atoms with E-state index in [1.165, 1.54) is 0 Å². The minimum absolute atomic E-state index is 0. The molecule has 3 nitrogen and oxygen atoms in total. The number of H-pyrrole nitrogens is 1. The molecule has 0 saturated heterocycles. The first-order chi connectivity index (χ1) is 5.69. The Kier molecular flexibility index (Phi) is 4.73. The van der Waals surface area contributed by atoms with E-state index in [1.54, 1.807) is 0 Å². The molecule has 0 amide bonds. The van der Waals surface area contributed by atoms with Crippen LogP contribution in [0.1, 0.15) is 23.7 Å². The van der Waals surface area contributed by atoms with E-state index >= 15 is 0 Å². The molecular weight excluding hydrogens is 188 g/mol. The molecule has 0 fully saturated rings. The van der Waals surface area contributed by atoms with Crippen LogP contribution in [0.25, 0.3) is 0 Å². The van der Waals surface area contributed by atoms with E-state index in [9.17, 15) is 4.79 Å². The molecule has 74 valence electrons. The average molecular weight is 203 g/mol. The van der Waals surface area contributed by atoms with Gasteiger partial charge in [-0.25, -0.2) is 0 Å². The van der Waals surface area contributed by atoms with Crippen molar-refractivity contribution in [2.75, 3.05) is 0 Å². The predicted molar refractivity (Wildman–Crippen MR) is 56.3 cm³/mol.